The molecule has 0 spiro atoms. The maximum atomic E-state index is 6.12. The van der Waals surface area contributed by atoms with E-state index in [2.05, 4.69) is 23.5 Å². The number of rotatable bonds is 6. The van der Waals surface area contributed by atoms with Gasteiger partial charge in [-0.1, -0.05) is 12.1 Å². The van der Waals surface area contributed by atoms with Crippen LogP contribution in [0.25, 0.3) is 0 Å². The monoisotopic (exact) mass is 317 g/mol. The summed E-state index contributed by atoms with van der Waals surface area (Å²) in [5, 5.41) is 3.64. The Labute approximate surface area is 138 Å². The van der Waals surface area contributed by atoms with Gasteiger partial charge in [0.25, 0.3) is 0 Å². The van der Waals surface area contributed by atoms with Gasteiger partial charge in [-0.2, -0.15) is 0 Å². The topological polar surface area (TPSA) is 39.7 Å². The van der Waals surface area contributed by atoms with Crippen LogP contribution in [0.4, 0.5) is 5.69 Å². The minimum Gasteiger partial charge on any atom is -0.486 e. The molecule has 2 unspecified atom stereocenters. The molecule has 2 heterocycles. The van der Waals surface area contributed by atoms with Gasteiger partial charge in [0, 0.05) is 25.0 Å². The molecule has 4 nitrogen and oxygen atoms in total. The molecule has 3 fully saturated rings. The second-order valence-electron chi connectivity index (χ2n) is 7.17. The van der Waals surface area contributed by atoms with Crippen LogP contribution in [0.2, 0.25) is 0 Å². The second-order valence-corrected chi connectivity index (χ2v) is 7.17. The highest BCUT2D eigenvalue weighted by atomic mass is 16.5. The van der Waals surface area contributed by atoms with Crippen LogP contribution in [0.15, 0.2) is 24.3 Å². The van der Waals surface area contributed by atoms with Gasteiger partial charge in [-0.25, -0.2) is 0 Å². The lowest BCUT2D eigenvalue weighted by Crippen LogP contribution is -2.34. The van der Waals surface area contributed by atoms with Gasteiger partial charge in [0.2, 0.25) is 0 Å². The quantitative estimate of drug-likeness (QED) is 0.870. The molecule has 23 heavy (non-hydrogen) atoms. The molecule has 0 radical (unpaired) electrons. The van der Waals surface area contributed by atoms with Crippen molar-refractivity contribution in [2.24, 2.45) is 5.41 Å². The molecule has 1 aliphatic carbocycles. The Morgan fingerprint density at radius 3 is 2.78 bits per heavy atom. The smallest absolute Gasteiger partial charge is 0.142 e. The SMILES string of the molecule is c1ccc(OC2CCOC2)c(NCC2(C3CCCCO3)CC2)c1. The summed E-state index contributed by atoms with van der Waals surface area (Å²) in [6.45, 7) is 3.43. The predicted molar refractivity (Wildman–Crippen MR) is 90.0 cm³/mol. The first-order valence-electron chi connectivity index (χ1n) is 9.05. The van der Waals surface area contributed by atoms with E-state index >= 15 is 0 Å². The van der Waals surface area contributed by atoms with Crippen molar-refractivity contribution in [1.82, 2.24) is 0 Å². The third-order valence-electron chi connectivity index (χ3n) is 5.45. The standard InChI is InChI=1S/C19H27NO3/c1-2-6-17(23-15-8-12-21-13-15)16(5-1)20-14-19(9-10-19)18-7-3-4-11-22-18/h1-2,5-6,15,18,20H,3-4,7-14H2. The second kappa shape index (κ2) is 6.70. The summed E-state index contributed by atoms with van der Waals surface area (Å²) >= 11 is 0. The van der Waals surface area contributed by atoms with Crippen molar-refractivity contribution in [3.63, 3.8) is 0 Å². The summed E-state index contributed by atoms with van der Waals surface area (Å²) in [5.41, 5.74) is 1.45. The summed E-state index contributed by atoms with van der Waals surface area (Å²) in [5.74, 6) is 0.948. The lowest BCUT2D eigenvalue weighted by atomic mass is 9.92. The highest BCUT2D eigenvalue weighted by Crippen LogP contribution is 2.52. The van der Waals surface area contributed by atoms with Crippen molar-refractivity contribution in [3.8, 4) is 5.75 Å². The van der Waals surface area contributed by atoms with E-state index in [9.17, 15) is 0 Å². The van der Waals surface area contributed by atoms with Gasteiger partial charge in [0.1, 0.15) is 11.9 Å². The summed E-state index contributed by atoms with van der Waals surface area (Å²) < 4.78 is 17.6. The van der Waals surface area contributed by atoms with Crippen molar-refractivity contribution in [1.29, 1.82) is 0 Å². The summed E-state index contributed by atoms with van der Waals surface area (Å²) in [6.07, 6.45) is 7.94. The molecule has 4 rings (SSSR count). The van der Waals surface area contributed by atoms with Crippen LogP contribution in [0.3, 0.4) is 0 Å². The van der Waals surface area contributed by atoms with Gasteiger partial charge in [0.15, 0.2) is 0 Å². The predicted octanol–water partition coefficient (Wildman–Crippen LogP) is 3.62. The van der Waals surface area contributed by atoms with Crippen LogP contribution in [-0.2, 0) is 9.47 Å². The molecule has 1 aromatic carbocycles. The fraction of sp³-hybridized carbons (Fsp3) is 0.684. The van der Waals surface area contributed by atoms with Crippen LogP contribution in [0.1, 0.15) is 38.5 Å². The number of para-hydroxylation sites is 2. The molecule has 3 aliphatic rings. The Morgan fingerprint density at radius 2 is 2.04 bits per heavy atom. The Balaban J connectivity index is 1.38. The van der Waals surface area contributed by atoms with Gasteiger partial charge in [0.05, 0.1) is 25.0 Å². The number of anilines is 1. The van der Waals surface area contributed by atoms with E-state index in [0.717, 1.165) is 37.6 Å². The third kappa shape index (κ3) is 3.48. The van der Waals surface area contributed by atoms with Crippen molar-refractivity contribution in [2.75, 3.05) is 31.7 Å². The van der Waals surface area contributed by atoms with Crippen molar-refractivity contribution >= 4 is 5.69 Å². The summed E-state index contributed by atoms with van der Waals surface area (Å²) in [7, 11) is 0. The summed E-state index contributed by atoms with van der Waals surface area (Å²) in [4.78, 5) is 0. The van der Waals surface area contributed by atoms with E-state index in [1.54, 1.807) is 0 Å². The zero-order valence-corrected chi connectivity index (χ0v) is 13.8. The lowest BCUT2D eigenvalue weighted by Gasteiger charge is -2.31. The Kier molecular flexibility index (Phi) is 4.45. The Morgan fingerprint density at radius 1 is 1.13 bits per heavy atom. The minimum atomic E-state index is 0.189. The largest absolute Gasteiger partial charge is 0.486 e. The number of benzene rings is 1. The molecular formula is C19H27NO3. The van der Waals surface area contributed by atoms with Crippen molar-refractivity contribution in [2.45, 2.75) is 50.7 Å². The number of hydrogen-bond acceptors (Lipinski definition) is 4. The average molecular weight is 317 g/mol. The molecule has 2 aliphatic heterocycles. The minimum absolute atomic E-state index is 0.189. The van der Waals surface area contributed by atoms with Crippen LogP contribution < -0.4 is 10.1 Å². The molecule has 0 aromatic heterocycles. The molecule has 0 bridgehead atoms. The van der Waals surface area contributed by atoms with E-state index in [1.807, 2.05) is 6.07 Å². The first-order chi connectivity index (χ1) is 11.4. The van der Waals surface area contributed by atoms with Gasteiger partial charge < -0.3 is 19.5 Å². The maximum Gasteiger partial charge on any atom is 0.142 e. The maximum absolute atomic E-state index is 6.12. The van der Waals surface area contributed by atoms with Crippen LogP contribution >= 0.6 is 0 Å². The normalized spacial score (nSPS) is 29.2. The molecule has 2 saturated heterocycles. The zero-order chi connectivity index (χ0) is 15.5. The highest BCUT2D eigenvalue weighted by Gasteiger charge is 2.50. The van der Waals surface area contributed by atoms with Gasteiger partial charge in [-0.05, 0) is 44.2 Å². The van der Waals surface area contributed by atoms with Gasteiger partial charge in [-0.15, -0.1) is 0 Å². The molecule has 1 aromatic rings. The van der Waals surface area contributed by atoms with Crippen LogP contribution in [0.5, 0.6) is 5.75 Å². The van der Waals surface area contributed by atoms with E-state index in [1.165, 1.54) is 32.1 Å². The zero-order valence-electron chi connectivity index (χ0n) is 13.8. The Hall–Kier alpha value is -1.26. The molecule has 1 N–H and O–H groups in total. The molecular weight excluding hydrogens is 290 g/mol. The van der Waals surface area contributed by atoms with E-state index < -0.39 is 0 Å². The first kappa shape index (κ1) is 15.3. The van der Waals surface area contributed by atoms with Crippen molar-refractivity contribution in [3.05, 3.63) is 24.3 Å². The molecule has 126 valence electrons. The lowest BCUT2D eigenvalue weighted by molar-refractivity contribution is -0.0266. The fourth-order valence-electron chi connectivity index (χ4n) is 3.77. The number of hydrogen-bond donors (Lipinski definition) is 1. The Bertz CT molecular complexity index is 517. The number of nitrogens with one attached hydrogen (secondary N) is 1. The van der Waals surface area contributed by atoms with Gasteiger partial charge >= 0.3 is 0 Å². The highest BCUT2D eigenvalue weighted by molar-refractivity contribution is 5.56. The first-order valence-corrected chi connectivity index (χ1v) is 9.05. The molecule has 1 saturated carbocycles. The van der Waals surface area contributed by atoms with Crippen molar-refractivity contribution < 1.29 is 14.2 Å². The third-order valence-corrected chi connectivity index (χ3v) is 5.45. The van der Waals surface area contributed by atoms with E-state index in [4.69, 9.17) is 14.2 Å². The van der Waals surface area contributed by atoms with Gasteiger partial charge in [-0.3, -0.25) is 0 Å². The summed E-state index contributed by atoms with van der Waals surface area (Å²) in [6, 6.07) is 8.27. The van der Waals surface area contributed by atoms with E-state index in [-0.39, 0.29) is 6.10 Å². The van der Waals surface area contributed by atoms with Crippen LogP contribution in [-0.4, -0.2) is 38.6 Å². The fourth-order valence-corrected chi connectivity index (χ4v) is 3.77. The number of ether oxygens (including phenoxy) is 3. The molecule has 4 heteroatoms. The van der Waals surface area contributed by atoms with Crippen LogP contribution in [0, 0.1) is 5.41 Å². The average Bonchev–Trinajstić information content (AvgIpc) is 3.23. The molecule has 2 atom stereocenters. The van der Waals surface area contributed by atoms with E-state index in [0.29, 0.717) is 18.1 Å². The molecule has 0 amide bonds.